The fraction of sp³-hybridized carbons (Fsp3) is 0.722. The summed E-state index contributed by atoms with van der Waals surface area (Å²) in [5.74, 6) is -0.603. The van der Waals surface area contributed by atoms with E-state index in [4.69, 9.17) is 9.47 Å². The summed E-state index contributed by atoms with van der Waals surface area (Å²) >= 11 is 0. The van der Waals surface area contributed by atoms with Crippen LogP contribution in [0.15, 0.2) is 11.6 Å². The predicted molar refractivity (Wildman–Crippen MR) is 84.1 cm³/mol. The van der Waals surface area contributed by atoms with Crippen molar-refractivity contribution in [1.29, 1.82) is 0 Å². The Morgan fingerprint density at radius 3 is 2.62 bits per heavy atom. The highest BCUT2D eigenvalue weighted by molar-refractivity contribution is 5.95. The first-order chi connectivity index (χ1) is 11.5. The van der Waals surface area contributed by atoms with Gasteiger partial charge in [0, 0.05) is 22.8 Å². The van der Waals surface area contributed by atoms with Crippen LogP contribution in [0.4, 0.5) is 4.79 Å². The van der Waals surface area contributed by atoms with Crippen LogP contribution in [0.25, 0.3) is 0 Å². The van der Waals surface area contributed by atoms with Gasteiger partial charge >= 0.3 is 12.1 Å². The number of rotatable bonds is 2. The molecule has 6 nitrogen and oxygen atoms in total. The number of hydrogen-bond donors (Lipinski definition) is 0. The van der Waals surface area contributed by atoms with Gasteiger partial charge in [0.15, 0.2) is 0 Å². The van der Waals surface area contributed by atoms with Gasteiger partial charge < -0.3 is 14.2 Å². The molecule has 3 aliphatic carbocycles. The van der Waals surface area contributed by atoms with Crippen LogP contribution in [0, 0.1) is 17.3 Å². The highest BCUT2D eigenvalue weighted by atomic mass is 16.7. The number of esters is 1. The van der Waals surface area contributed by atoms with Crippen molar-refractivity contribution in [2.75, 3.05) is 14.2 Å². The molecule has 0 radical (unpaired) electrons. The highest BCUT2D eigenvalue weighted by Gasteiger charge is 2.57. The molecule has 6 heteroatoms. The number of carbonyl (C=O) groups excluding carboxylic acids is 3. The van der Waals surface area contributed by atoms with Gasteiger partial charge in [-0.25, -0.2) is 9.59 Å². The van der Waals surface area contributed by atoms with Crippen molar-refractivity contribution in [2.45, 2.75) is 51.0 Å². The Hall–Kier alpha value is -1.85. The van der Waals surface area contributed by atoms with Crippen molar-refractivity contribution in [1.82, 2.24) is 0 Å². The van der Waals surface area contributed by atoms with E-state index in [2.05, 4.69) is 4.74 Å². The van der Waals surface area contributed by atoms with Crippen LogP contribution in [-0.4, -0.2) is 38.2 Å². The highest BCUT2D eigenvalue weighted by Crippen LogP contribution is 2.56. The van der Waals surface area contributed by atoms with Crippen molar-refractivity contribution >= 4 is 17.9 Å². The lowest BCUT2D eigenvalue weighted by atomic mass is 9.68. The summed E-state index contributed by atoms with van der Waals surface area (Å²) in [6.07, 6.45) is 5.96. The molecule has 2 bridgehead atoms. The fourth-order valence-electron chi connectivity index (χ4n) is 4.82. The third-order valence-corrected chi connectivity index (χ3v) is 5.95. The molecular formula is C18H24O6. The molecule has 3 aliphatic rings. The molecule has 0 amide bonds. The second-order valence-corrected chi connectivity index (χ2v) is 7.02. The van der Waals surface area contributed by atoms with Crippen LogP contribution in [0.3, 0.4) is 0 Å². The van der Waals surface area contributed by atoms with Gasteiger partial charge in [-0.05, 0) is 32.1 Å². The van der Waals surface area contributed by atoms with Gasteiger partial charge in [-0.2, -0.15) is 0 Å². The van der Waals surface area contributed by atoms with E-state index in [9.17, 15) is 14.4 Å². The van der Waals surface area contributed by atoms with E-state index in [1.807, 2.05) is 0 Å². The van der Waals surface area contributed by atoms with Crippen LogP contribution in [0.2, 0.25) is 0 Å². The molecule has 2 saturated carbocycles. The van der Waals surface area contributed by atoms with E-state index in [-0.39, 0.29) is 17.6 Å². The molecule has 0 aromatic heterocycles. The lowest BCUT2D eigenvalue weighted by molar-refractivity contribution is -0.137. The normalized spacial score (nSPS) is 35.2. The topological polar surface area (TPSA) is 78.9 Å². The molecule has 132 valence electrons. The minimum absolute atomic E-state index is 0.183. The third kappa shape index (κ3) is 2.72. The fourth-order valence-corrected chi connectivity index (χ4v) is 4.82. The molecule has 0 aromatic rings. The Labute approximate surface area is 141 Å². The first kappa shape index (κ1) is 17.0. The molecule has 2 fully saturated rings. The van der Waals surface area contributed by atoms with Crippen molar-refractivity contribution in [3.63, 3.8) is 0 Å². The van der Waals surface area contributed by atoms with Gasteiger partial charge in [-0.15, -0.1) is 0 Å². The number of Topliss-reactive ketones (excluding diaryl/α,β-unsaturated/α-hetero) is 1. The van der Waals surface area contributed by atoms with E-state index in [0.29, 0.717) is 24.8 Å². The SMILES string of the molecule is COC(=O)O[C@H]1CC[C@@]23CCCC[C@H](C=C(C(=O)OC)C[C@H]12)C3=O. The Bertz CT molecular complexity index is 580. The van der Waals surface area contributed by atoms with E-state index in [1.165, 1.54) is 14.2 Å². The summed E-state index contributed by atoms with van der Waals surface area (Å²) in [5, 5.41) is 0. The first-order valence-corrected chi connectivity index (χ1v) is 8.60. The zero-order valence-electron chi connectivity index (χ0n) is 14.2. The van der Waals surface area contributed by atoms with E-state index in [1.54, 1.807) is 6.08 Å². The van der Waals surface area contributed by atoms with Crippen LogP contribution >= 0.6 is 0 Å². The number of hydrogen-bond acceptors (Lipinski definition) is 6. The quantitative estimate of drug-likeness (QED) is 0.722. The minimum Gasteiger partial charge on any atom is -0.466 e. The molecule has 1 spiro atoms. The Kier molecular flexibility index (Phi) is 4.65. The van der Waals surface area contributed by atoms with Gasteiger partial charge in [-0.3, -0.25) is 4.79 Å². The van der Waals surface area contributed by atoms with Crippen LogP contribution < -0.4 is 0 Å². The van der Waals surface area contributed by atoms with Crippen LogP contribution in [0.5, 0.6) is 0 Å². The molecule has 0 N–H and O–H groups in total. The number of ether oxygens (including phenoxy) is 3. The molecule has 0 heterocycles. The lowest BCUT2D eigenvalue weighted by Crippen LogP contribution is -2.40. The zero-order valence-corrected chi connectivity index (χ0v) is 14.2. The van der Waals surface area contributed by atoms with E-state index < -0.39 is 23.6 Å². The maximum absolute atomic E-state index is 13.2. The minimum atomic E-state index is -0.734. The predicted octanol–water partition coefficient (Wildman–Crippen LogP) is 2.80. The second kappa shape index (κ2) is 6.57. The van der Waals surface area contributed by atoms with Crippen molar-refractivity contribution in [3.05, 3.63) is 11.6 Å². The Morgan fingerprint density at radius 2 is 1.92 bits per heavy atom. The van der Waals surface area contributed by atoms with E-state index >= 15 is 0 Å². The number of fused-ring (bicyclic) bond motifs is 1. The maximum atomic E-state index is 13.2. The van der Waals surface area contributed by atoms with Crippen molar-refractivity contribution in [2.24, 2.45) is 17.3 Å². The molecular weight excluding hydrogens is 312 g/mol. The number of methoxy groups -OCH3 is 2. The third-order valence-electron chi connectivity index (χ3n) is 5.95. The molecule has 0 saturated heterocycles. The molecule has 24 heavy (non-hydrogen) atoms. The number of ketones is 1. The molecule has 3 rings (SSSR count). The standard InChI is InChI=1S/C18H24O6/c1-22-16(20)12-9-11-5-3-4-7-18(15(11)19)8-6-14(13(18)10-12)24-17(21)23-2/h9,11,13-14H,3-8,10H2,1-2H3/t11-,13-,14+,18+/m1/s1. The van der Waals surface area contributed by atoms with Gasteiger partial charge in [0.1, 0.15) is 11.9 Å². The molecule has 0 unspecified atom stereocenters. The summed E-state index contributed by atoms with van der Waals surface area (Å²) in [5.41, 5.74) is 0.0385. The smallest absolute Gasteiger partial charge is 0.466 e. The number of carbonyl (C=O) groups is 3. The van der Waals surface area contributed by atoms with Crippen molar-refractivity contribution in [3.8, 4) is 0 Å². The summed E-state index contributed by atoms with van der Waals surface area (Å²) in [6, 6.07) is 0. The summed E-state index contributed by atoms with van der Waals surface area (Å²) < 4.78 is 14.9. The molecule has 4 atom stereocenters. The first-order valence-electron chi connectivity index (χ1n) is 8.60. The average molecular weight is 336 g/mol. The largest absolute Gasteiger partial charge is 0.508 e. The molecule has 0 aliphatic heterocycles. The van der Waals surface area contributed by atoms with Crippen molar-refractivity contribution < 1.29 is 28.6 Å². The van der Waals surface area contributed by atoms with Gasteiger partial charge in [-0.1, -0.05) is 18.9 Å². The Morgan fingerprint density at radius 1 is 1.12 bits per heavy atom. The Balaban J connectivity index is 1.98. The lowest BCUT2D eigenvalue weighted by Gasteiger charge is -2.34. The van der Waals surface area contributed by atoms with Gasteiger partial charge in [0.2, 0.25) is 0 Å². The van der Waals surface area contributed by atoms with Gasteiger partial charge in [0.25, 0.3) is 0 Å². The van der Waals surface area contributed by atoms with Gasteiger partial charge in [0.05, 0.1) is 14.2 Å². The summed E-state index contributed by atoms with van der Waals surface area (Å²) in [6.45, 7) is 0. The van der Waals surface area contributed by atoms with Crippen LogP contribution in [-0.2, 0) is 23.8 Å². The number of allylic oxidation sites excluding steroid dienone is 1. The van der Waals surface area contributed by atoms with E-state index in [0.717, 1.165) is 25.7 Å². The monoisotopic (exact) mass is 336 g/mol. The average Bonchev–Trinajstić information content (AvgIpc) is 2.78. The summed E-state index contributed by atoms with van der Waals surface area (Å²) in [4.78, 5) is 37.0. The van der Waals surface area contributed by atoms with Crippen LogP contribution in [0.1, 0.15) is 44.9 Å². The maximum Gasteiger partial charge on any atom is 0.508 e. The molecule has 0 aromatic carbocycles. The zero-order chi connectivity index (χ0) is 17.3. The summed E-state index contributed by atoms with van der Waals surface area (Å²) in [7, 11) is 2.62. The second-order valence-electron chi connectivity index (χ2n) is 7.02.